The Kier molecular flexibility index (Phi) is 30.2. The lowest BCUT2D eigenvalue weighted by atomic mass is 10.0. The highest BCUT2D eigenvalue weighted by atomic mass is 35.5. The fourth-order valence-electron chi connectivity index (χ4n) is 10.5. The maximum Gasteiger partial charge on any atom is 0.326 e. The van der Waals surface area contributed by atoms with E-state index in [0.29, 0.717) is 33.3 Å². The number of halogens is 1. The summed E-state index contributed by atoms with van der Waals surface area (Å²) < 4.78 is 5.47. The molecule has 0 fully saturated rings. The molecule has 2 aliphatic heterocycles. The van der Waals surface area contributed by atoms with Gasteiger partial charge in [-0.2, -0.15) is 0 Å². The molecule has 0 spiro atoms. The fraction of sp³-hybridized carbons (Fsp3) is 0.280. The minimum Gasteiger partial charge on any atom is -0.481 e. The zero-order valence-corrected chi connectivity index (χ0v) is 57.1. The molecule has 0 saturated carbocycles. The van der Waals surface area contributed by atoms with Gasteiger partial charge in [0.25, 0.3) is 23.6 Å². The van der Waals surface area contributed by atoms with Crippen LogP contribution in [0.2, 0.25) is 0 Å². The van der Waals surface area contributed by atoms with Gasteiger partial charge in [0.15, 0.2) is 0 Å². The number of benzene rings is 7. The number of carboxylic acid groups (broad SMARTS) is 2. The van der Waals surface area contributed by atoms with Crippen molar-refractivity contribution in [2.45, 2.75) is 110 Å². The first-order valence-corrected chi connectivity index (χ1v) is 32.6. The second-order valence-electron chi connectivity index (χ2n) is 23.6. The van der Waals surface area contributed by atoms with Crippen LogP contribution in [0.5, 0.6) is 0 Å². The number of carboxylic acids is 2. The van der Waals surface area contributed by atoms with Gasteiger partial charge >= 0.3 is 17.9 Å². The van der Waals surface area contributed by atoms with Gasteiger partial charge in [0.2, 0.25) is 23.0 Å². The molecule has 0 radical (unpaired) electrons. The molecule has 532 valence electrons. The molecule has 7 aromatic rings. The fourth-order valence-corrected chi connectivity index (χ4v) is 10.6. The highest BCUT2D eigenvalue weighted by Crippen LogP contribution is 2.36. The van der Waals surface area contributed by atoms with Gasteiger partial charge in [0, 0.05) is 56.1 Å². The van der Waals surface area contributed by atoms with E-state index in [2.05, 4.69) is 16.0 Å². The van der Waals surface area contributed by atoms with E-state index in [1.165, 1.54) is 48.5 Å². The molecule has 2 heterocycles. The number of rotatable bonds is 26. The van der Waals surface area contributed by atoms with Gasteiger partial charge in [-0.25, -0.2) is 0 Å². The zero-order chi connectivity index (χ0) is 74.6. The van der Waals surface area contributed by atoms with Crippen molar-refractivity contribution in [2.75, 3.05) is 45.8 Å². The van der Waals surface area contributed by atoms with E-state index in [-0.39, 0.29) is 118 Å². The Morgan fingerprint density at radius 1 is 0.480 bits per heavy atom. The molecule has 2 aliphatic rings. The van der Waals surface area contributed by atoms with Gasteiger partial charge < -0.3 is 64.7 Å². The normalized spacial score (nSPS) is 13.9. The molecule has 3 atom stereocenters. The SMILES string of the molecule is CC(=O)CCC(=O)Cl.CC(=O)CCC(=O)N1C[C@H](NC(=O)c2cccc3ccccc23)C(=O)N(CC(=O)N[C@H](C=O)CC(=O)O)c2ccccc21.CC(=O)CCC(=O)N1C[C@H](NC(=O)c2cccc3ccccc23)C(=O)N(CC(=O)OCc2ccccc2)c2ccccc21.CC(=O)CCC(=O)O. The molecule has 0 unspecified atom stereocenters. The van der Waals surface area contributed by atoms with E-state index < -0.39 is 96.2 Å². The van der Waals surface area contributed by atoms with Crippen LogP contribution in [0, 0.1) is 0 Å². The maximum atomic E-state index is 14.1. The number of hydrogen-bond acceptors (Lipinski definition) is 17. The number of anilines is 4. The number of esters is 1. The van der Waals surface area contributed by atoms with Crippen LogP contribution in [0.3, 0.4) is 0 Å². The molecule has 0 saturated heterocycles. The van der Waals surface area contributed by atoms with Crippen molar-refractivity contribution in [3.05, 3.63) is 180 Å². The van der Waals surface area contributed by atoms with Crippen LogP contribution in [0.25, 0.3) is 21.5 Å². The van der Waals surface area contributed by atoms with Crippen LogP contribution in [-0.4, -0.2) is 148 Å². The summed E-state index contributed by atoms with van der Waals surface area (Å²) in [6, 6.07) is 43.5. The van der Waals surface area contributed by atoms with Crippen molar-refractivity contribution in [1.82, 2.24) is 16.0 Å². The quantitative estimate of drug-likeness (QED) is 0.0196. The number of nitrogens with one attached hydrogen (secondary N) is 3. The van der Waals surface area contributed by atoms with Gasteiger partial charge in [-0.05, 0) is 103 Å². The summed E-state index contributed by atoms with van der Waals surface area (Å²) >= 11 is 4.93. The molecular formula is C75H76ClN7O19. The topological polar surface area (TPSA) is 372 Å². The average molecular weight is 1410 g/mol. The minimum atomic E-state index is -1.33. The number of nitrogens with zero attached hydrogens (tertiary/aromatic N) is 4. The largest absolute Gasteiger partial charge is 0.481 e. The van der Waals surface area contributed by atoms with E-state index in [0.717, 1.165) is 21.2 Å². The lowest BCUT2D eigenvalue weighted by molar-refractivity contribution is -0.144. The molecule has 27 heteroatoms. The maximum absolute atomic E-state index is 14.1. The zero-order valence-electron chi connectivity index (χ0n) is 56.3. The molecule has 9 rings (SSSR count). The van der Waals surface area contributed by atoms with E-state index in [9.17, 15) is 76.7 Å². The van der Waals surface area contributed by atoms with Crippen LogP contribution in [-0.2, 0) is 78.5 Å². The van der Waals surface area contributed by atoms with Crippen molar-refractivity contribution in [2.24, 2.45) is 0 Å². The van der Waals surface area contributed by atoms with Crippen molar-refractivity contribution in [1.29, 1.82) is 0 Å². The van der Waals surface area contributed by atoms with Crippen molar-refractivity contribution >= 4 is 150 Å². The third-order valence-corrected chi connectivity index (χ3v) is 15.7. The first kappa shape index (κ1) is 79.1. The number of ketones is 4. The van der Waals surface area contributed by atoms with Crippen LogP contribution >= 0.6 is 11.6 Å². The van der Waals surface area contributed by atoms with Crippen LogP contribution in [0.4, 0.5) is 22.7 Å². The Morgan fingerprint density at radius 3 is 1.27 bits per heavy atom. The van der Waals surface area contributed by atoms with E-state index in [1.54, 1.807) is 78.9 Å². The number of hydrogen-bond donors (Lipinski definition) is 5. The number of aliphatic carboxylic acids is 2. The summed E-state index contributed by atoms with van der Waals surface area (Å²) in [6.45, 7) is 4.08. The van der Waals surface area contributed by atoms with Crippen molar-refractivity contribution in [3.8, 4) is 0 Å². The summed E-state index contributed by atoms with van der Waals surface area (Å²) in [5.74, 6) is -7.31. The van der Waals surface area contributed by atoms with Crippen LogP contribution in [0.1, 0.15) is 112 Å². The highest BCUT2D eigenvalue weighted by Gasteiger charge is 2.40. The predicted molar refractivity (Wildman–Crippen MR) is 377 cm³/mol. The molecule has 0 aromatic heterocycles. The van der Waals surface area contributed by atoms with Crippen LogP contribution < -0.4 is 35.6 Å². The van der Waals surface area contributed by atoms with E-state index in [4.69, 9.17) is 26.6 Å². The Morgan fingerprint density at radius 2 is 0.873 bits per heavy atom. The number of fused-ring (bicyclic) bond motifs is 4. The number of carbonyl (C=O) groups is 16. The number of amides is 7. The molecular weight excluding hydrogens is 1340 g/mol. The Bertz CT molecular complexity index is 4250. The lowest BCUT2D eigenvalue weighted by Gasteiger charge is -2.25. The molecule has 0 aliphatic carbocycles. The summed E-state index contributed by atoms with van der Waals surface area (Å²) in [7, 11) is 0. The number of ether oxygens (including phenoxy) is 1. The first-order chi connectivity index (χ1) is 48.6. The smallest absolute Gasteiger partial charge is 0.326 e. The third kappa shape index (κ3) is 23.9. The number of aldehydes is 1. The summed E-state index contributed by atoms with van der Waals surface area (Å²) in [5.41, 5.74) is 2.63. The average Bonchev–Trinajstić information content (AvgIpc) is 1.61. The Labute approximate surface area is 591 Å². The van der Waals surface area contributed by atoms with Crippen LogP contribution in [0.15, 0.2) is 164 Å². The van der Waals surface area contributed by atoms with Gasteiger partial charge in [-0.3, -0.25) is 62.5 Å². The molecule has 7 amide bonds. The molecule has 102 heavy (non-hydrogen) atoms. The van der Waals surface area contributed by atoms with Gasteiger partial charge in [-0.15, -0.1) is 0 Å². The Balaban J connectivity index is 0.000000264. The molecule has 7 aromatic carbocycles. The lowest BCUT2D eigenvalue weighted by Crippen LogP contribution is -2.54. The summed E-state index contributed by atoms with van der Waals surface area (Å²) in [6.07, 6.45) is -0.0343. The summed E-state index contributed by atoms with van der Waals surface area (Å²) in [4.78, 5) is 199. The third-order valence-electron chi connectivity index (χ3n) is 15.5. The first-order valence-electron chi connectivity index (χ1n) is 32.2. The predicted octanol–water partition coefficient (Wildman–Crippen LogP) is 7.84. The molecule has 5 N–H and O–H groups in total. The second-order valence-corrected chi connectivity index (χ2v) is 24.0. The van der Waals surface area contributed by atoms with Gasteiger partial charge in [0.1, 0.15) is 61.2 Å². The van der Waals surface area contributed by atoms with E-state index >= 15 is 0 Å². The molecule has 26 nitrogen and oxygen atoms in total. The number of Topliss-reactive ketones (excluding diaryl/α,β-unsaturated/α-hetero) is 4. The minimum absolute atomic E-state index is 0.000926. The van der Waals surface area contributed by atoms with E-state index in [1.807, 2.05) is 78.9 Å². The number of para-hydroxylation sites is 4. The van der Waals surface area contributed by atoms with Gasteiger partial charge in [-0.1, -0.05) is 127 Å². The number of carbonyl (C=O) groups excluding carboxylic acids is 14. The van der Waals surface area contributed by atoms with Crippen molar-refractivity contribution in [3.63, 3.8) is 0 Å². The standard InChI is InChI=1S/C34H31N3O6.C31H30N4O8.C5H7ClO2.C5H8O3/c1-23(38)18-19-31(39)36-20-28(35-33(41)27-15-9-13-25-12-5-6-14-26(25)27)34(42)37(30-17-8-7-16-29(30)36)21-32(40)43-22-24-10-3-2-4-11-24;1-19(37)13-14-28(39)34-16-24(33-30(42)23-10-6-8-20-7-2-3-9-22(20)23)31(43)35(26-12-5-4-11-25(26)34)17-27(38)32-21(18-36)15-29(40)41;1-4(7)2-3-5(6)8;1-4(6)2-3-5(7)8/h2-17,28H,18-22H2,1H3,(H,35,41);2-12,18,21,24H,13-17H2,1H3,(H,32,38)(H,33,42)(H,40,41);2-3H2,1H3;2-3H2,1H3,(H,7,8)/t28-;21-,24-;;/m00../s1. The second kappa shape index (κ2) is 39.0. The van der Waals surface area contributed by atoms with Gasteiger partial charge in [0.05, 0.1) is 54.7 Å². The Hall–Kier alpha value is -11.9. The van der Waals surface area contributed by atoms with Crippen molar-refractivity contribution < 1.29 is 91.7 Å². The summed E-state index contributed by atoms with van der Waals surface area (Å²) in [5, 5.41) is 27.5. The monoisotopic (exact) mass is 1410 g/mol. The highest BCUT2D eigenvalue weighted by molar-refractivity contribution is 6.63. The molecule has 0 bridgehead atoms.